The van der Waals surface area contributed by atoms with Crippen molar-refractivity contribution in [2.45, 2.75) is 193 Å². The molecule has 0 radical (unpaired) electrons. The average molecular weight is 1870 g/mol. The molecule has 0 aliphatic heterocycles. The highest BCUT2D eigenvalue weighted by Gasteiger charge is 2.31. The van der Waals surface area contributed by atoms with Crippen LogP contribution in [0, 0.1) is 11.8 Å². The van der Waals surface area contributed by atoms with Crippen LogP contribution < -0.4 is 38.5 Å². The summed E-state index contributed by atoms with van der Waals surface area (Å²) in [6.07, 6.45) is 11.5. The number of hydrogen-bond donors (Lipinski definition) is 0. The van der Waals surface area contributed by atoms with Crippen LogP contribution in [0.5, 0.6) is 28.7 Å². The van der Waals surface area contributed by atoms with Gasteiger partial charge in [0.25, 0.3) is 7.37 Å². The van der Waals surface area contributed by atoms with Gasteiger partial charge in [-0.3, -0.25) is 27.3 Å². The van der Waals surface area contributed by atoms with Crippen LogP contribution in [-0.2, 0) is 54.7 Å². The van der Waals surface area contributed by atoms with Gasteiger partial charge in [-0.15, -0.1) is 4.52 Å². The third kappa shape index (κ3) is 98.9. The zero-order valence-corrected chi connectivity index (χ0v) is 79.4. The lowest BCUT2D eigenvalue weighted by atomic mass is 10.0. The molecule has 0 aliphatic rings. The molecule has 0 N–H and O–H groups in total. The Morgan fingerprint density at radius 3 is 0.866 bits per heavy atom. The van der Waals surface area contributed by atoms with Crippen molar-refractivity contribution in [1.82, 2.24) is 0 Å². The third-order valence-corrected chi connectivity index (χ3v) is 19.4. The van der Waals surface area contributed by atoms with Gasteiger partial charge in [0.05, 0.1) is 0 Å². The van der Waals surface area contributed by atoms with Crippen molar-refractivity contribution in [3.8, 4) is 28.7 Å². The van der Waals surface area contributed by atoms with Crippen molar-refractivity contribution in [2.24, 2.45) is 11.8 Å². The smallest absolute Gasteiger partial charge is 0.440 e. The molecule has 28 heteroatoms. The predicted molar refractivity (Wildman–Crippen MR) is 537 cm³/mol. The second-order valence-corrected chi connectivity index (χ2v) is 36.4. The summed E-state index contributed by atoms with van der Waals surface area (Å²) < 4.78 is 148. The molecule has 0 amide bonds. The van der Waals surface area contributed by atoms with Gasteiger partial charge in [-0.2, -0.15) is 0 Å². The van der Waals surface area contributed by atoms with E-state index in [1.807, 2.05) is 230 Å². The van der Waals surface area contributed by atoms with Gasteiger partial charge < -0.3 is 4.52 Å². The normalized spacial score (nSPS) is 10.2. The Balaban J connectivity index is -0.0000000878. The molecule has 119 heavy (non-hydrogen) atoms. The van der Waals surface area contributed by atoms with Crippen LogP contribution in [0.4, 0.5) is 0 Å². The van der Waals surface area contributed by atoms with Gasteiger partial charge in [0, 0.05) is 28.9 Å². The molecular formula is C91H161O17P11+8. The minimum atomic E-state index is -2.91. The van der Waals surface area contributed by atoms with Crippen molar-refractivity contribution in [2.75, 3.05) is 85.6 Å². The van der Waals surface area contributed by atoms with E-state index in [1.54, 1.807) is 114 Å². The van der Waals surface area contributed by atoms with Crippen molar-refractivity contribution < 1.29 is 77.4 Å². The summed E-state index contributed by atoms with van der Waals surface area (Å²) in [6.45, 7) is 39.6. The molecule has 8 unspecified atom stereocenters. The molecule has 0 fully saturated rings. The Labute approximate surface area is 738 Å². The number of benzene rings is 8. The van der Waals surface area contributed by atoms with Crippen LogP contribution in [0.2, 0.25) is 0 Å². The fraction of sp³-hybridized carbons (Fsp3) is 0.473. The Morgan fingerprint density at radius 2 is 0.613 bits per heavy atom. The SMILES string of the molecule is C.C.C.C.C.C.C.C.CC.CC.CC.CCCCC(CC)CO[P+](=O)Oc1ccccc1.CCCCC(CC)CP(=O)(Oc1ccccc1)c1ccccc1.CCCP=O.CP=O.C[P+](=O)Oc1ccccc1.C[P+](=O)Oc1ccccc1.C[P+](=O)c1ccccc1.C[P+](C)=O.C[P+](C)=O.C[P+](C)=O.O=[P+](Oc1ccccc1)c1ccccc1. The van der Waals surface area contributed by atoms with Crippen LogP contribution in [0.3, 0.4) is 0 Å². The lowest BCUT2D eigenvalue weighted by molar-refractivity contribution is 0.221. The summed E-state index contributed by atoms with van der Waals surface area (Å²) in [6, 6.07) is 74.3. The first-order valence-electron chi connectivity index (χ1n) is 37.0. The van der Waals surface area contributed by atoms with Crippen LogP contribution in [0.25, 0.3) is 0 Å². The highest BCUT2D eigenvalue weighted by atomic mass is 31.2. The van der Waals surface area contributed by atoms with Gasteiger partial charge >= 0.3 is 63.5 Å². The van der Waals surface area contributed by atoms with E-state index in [1.165, 1.54) is 39.0 Å². The van der Waals surface area contributed by atoms with Gasteiger partial charge in [0.1, 0.15) is 59.0 Å². The lowest BCUT2D eigenvalue weighted by Crippen LogP contribution is -2.18. The molecule has 674 valence electrons. The van der Waals surface area contributed by atoms with E-state index in [9.17, 15) is 45.7 Å². The first kappa shape index (κ1) is 145. The van der Waals surface area contributed by atoms with Gasteiger partial charge in [0.2, 0.25) is 5.30 Å². The molecule has 8 atom stereocenters. The van der Waals surface area contributed by atoms with E-state index in [2.05, 4.69) is 27.7 Å². The fourth-order valence-corrected chi connectivity index (χ4v) is 13.3. The van der Waals surface area contributed by atoms with Gasteiger partial charge in [-0.25, -0.2) is 4.52 Å². The molecular weight excluding hydrogens is 1710 g/mol. The number of rotatable bonds is 28. The molecule has 8 aromatic rings. The Hall–Kier alpha value is -6.05. The first-order valence-corrected chi connectivity index (χ1v) is 54.7. The zero-order chi connectivity index (χ0) is 85.3. The largest absolute Gasteiger partial charge is 0.750 e. The molecule has 0 saturated heterocycles. The predicted octanol–water partition coefficient (Wildman–Crippen LogP) is 34.6. The maximum Gasteiger partial charge on any atom is 0.750 e. The number of para-hydroxylation sites is 5. The molecule has 0 saturated carbocycles. The Morgan fingerprint density at radius 1 is 0.353 bits per heavy atom. The van der Waals surface area contributed by atoms with Crippen LogP contribution >= 0.6 is 87.8 Å². The highest BCUT2D eigenvalue weighted by Crippen LogP contribution is 2.49. The van der Waals surface area contributed by atoms with E-state index in [4.69, 9.17) is 31.7 Å². The van der Waals surface area contributed by atoms with E-state index in [0.29, 0.717) is 58.7 Å². The summed E-state index contributed by atoms with van der Waals surface area (Å²) in [5.41, 5.74) is 0. The van der Waals surface area contributed by atoms with Crippen molar-refractivity contribution in [3.05, 3.63) is 243 Å². The van der Waals surface area contributed by atoms with E-state index in [0.717, 1.165) is 48.9 Å². The van der Waals surface area contributed by atoms with E-state index in [-0.39, 0.29) is 76.3 Å². The van der Waals surface area contributed by atoms with Crippen LogP contribution in [0.1, 0.15) is 193 Å². The Kier molecular flexibility index (Phi) is 129. The monoisotopic (exact) mass is 1870 g/mol. The topological polar surface area (TPSA) is 243 Å². The second kappa shape index (κ2) is 106. The van der Waals surface area contributed by atoms with Crippen molar-refractivity contribution >= 4 is 104 Å². The maximum atomic E-state index is 13.7. The minimum absolute atomic E-state index is 0. The van der Waals surface area contributed by atoms with Crippen LogP contribution in [-0.4, -0.2) is 85.6 Å². The molecule has 0 bridgehead atoms. The summed E-state index contributed by atoms with van der Waals surface area (Å²) in [5.74, 6) is 4.12. The summed E-state index contributed by atoms with van der Waals surface area (Å²) in [5, 5.41) is 2.45. The number of unbranched alkanes of at least 4 members (excludes halogenated alkanes) is 2. The first-order chi connectivity index (χ1) is 53.2. The Bertz CT molecular complexity index is 3520. The fourth-order valence-electron chi connectivity index (χ4n) is 7.59. The molecule has 8 rings (SSSR count). The molecule has 0 aromatic heterocycles. The van der Waals surface area contributed by atoms with Crippen molar-refractivity contribution in [3.63, 3.8) is 0 Å². The zero-order valence-electron chi connectivity index (χ0n) is 69.6. The number of hydrogen-bond acceptors (Lipinski definition) is 17. The third-order valence-electron chi connectivity index (χ3n) is 12.4. The van der Waals surface area contributed by atoms with E-state index < -0.39 is 70.9 Å². The summed E-state index contributed by atoms with van der Waals surface area (Å²) in [7, 11) is -13.1. The molecule has 0 heterocycles. The average Bonchev–Trinajstić information content (AvgIpc) is 0.812. The van der Waals surface area contributed by atoms with Crippen molar-refractivity contribution in [1.29, 1.82) is 0 Å². The molecule has 17 nitrogen and oxygen atoms in total. The quantitative estimate of drug-likeness (QED) is 0.0414. The molecule has 0 aliphatic carbocycles. The standard InChI is InChI=1S/C20H27O2P.C14H22O3P.C12H10O2P.2C7H8O2P.C7H8OP.C3H7OP.3C2H6OP.3C2H6.CH3OP.8CH4/c1-3-5-12-18(4-2)17-23(21,20-15-10-7-11-16-20)22-19-13-8-6-9-14-19;1-3-5-9-13(4-2)12-16-18(15)17-14-10-7-6-8-11-14;13-15(12-9-5-2-6-10-12)14-11-7-3-1-4-8-11;2*1-10(8)9-7-5-3-2-4-6-7;1-9(8)7-5-3-2-4-6-7;1-2-3-5-4;3*1-4(2)3;3*1-2;1-3-2;;;;;;;;/h6-11,13-16,18H,3-5,12,17H2,1-2H3;6-8,10-11,13H,3-5,9,12H2,1-2H3;1-10H;2*2-6H,1H3;2-6H,1H3;2-3H2,1H3;3*1-2H3;3*1-2H3;1H3;8*1H4/q;5*+1;;3*+1;;;;;;;;;;;;. The van der Waals surface area contributed by atoms with Gasteiger partial charge in [0.15, 0.2) is 58.6 Å². The maximum absolute atomic E-state index is 13.7. The van der Waals surface area contributed by atoms with Gasteiger partial charge in [-0.1, -0.05) is 338 Å². The van der Waals surface area contributed by atoms with E-state index >= 15 is 0 Å². The summed E-state index contributed by atoms with van der Waals surface area (Å²) >= 11 is 0. The molecule has 0 spiro atoms. The molecule has 8 aromatic carbocycles. The van der Waals surface area contributed by atoms with Gasteiger partial charge in [-0.05, 0) is 142 Å². The lowest BCUT2D eigenvalue weighted by Gasteiger charge is -2.24. The summed E-state index contributed by atoms with van der Waals surface area (Å²) in [4.78, 5) is 0. The highest BCUT2D eigenvalue weighted by molar-refractivity contribution is 7.67. The minimum Gasteiger partial charge on any atom is -0.440 e. The second-order valence-electron chi connectivity index (χ2n) is 22.3. The van der Waals surface area contributed by atoms with Crippen LogP contribution in [0.15, 0.2) is 243 Å².